The number of carbonyl (C=O) groups excluding carboxylic acids is 1. The lowest BCUT2D eigenvalue weighted by molar-refractivity contribution is -0.101. The molecule has 2 aromatic rings. The number of carbonyl (C=O) groups is 1. The second-order valence-electron chi connectivity index (χ2n) is 6.75. The van der Waals surface area contributed by atoms with Gasteiger partial charge in [-0.2, -0.15) is 0 Å². The van der Waals surface area contributed by atoms with Crippen LogP contribution in [0.1, 0.15) is 36.0 Å². The third kappa shape index (κ3) is 5.30. The normalized spacial score (nSPS) is 17.9. The average molecular weight is 430 g/mol. The van der Waals surface area contributed by atoms with Crippen molar-refractivity contribution in [2.75, 3.05) is 6.54 Å². The Labute approximate surface area is 168 Å². The summed E-state index contributed by atoms with van der Waals surface area (Å²) in [5.74, 6) is -3.28. The fourth-order valence-corrected chi connectivity index (χ4v) is 3.92. The van der Waals surface area contributed by atoms with Gasteiger partial charge in [-0.1, -0.05) is 23.4 Å². The molecule has 0 bridgehead atoms. The molecule has 3 N–H and O–H groups in total. The summed E-state index contributed by atoms with van der Waals surface area (Å²) < 4.78 is 26.5. The molecule has 1 aliphatic carbocycles. The molecule has 28 heavy (non-hydrogen) atoms. The number of nitrogens with one attached hydrogen (secondary N) is 2. The van der Waals surface area contributed by atoms with E-state index >= 15 is 0 Å². The molecule has 10 heteroatoms. The second kappa shape index (κ2) is 8.18. The molecular formula is C18H18ClF2N3O3S. The summed E-state index contributed by atoms with van der Waals surface area (Å²) in [6.07, 6.45) is 0.393. The molecule has 1 saturated carbocycles. The van der Waals surface area contributed by atoms with Gasteiger partial charge in [0.25, 0.3) is 5.91 Å². The van der Waals surface area contributed by atoms with Crippen LogP contribution in [0, 0.1) is 0 Å². The van der Waals surface area contributed by atoms with Crippen molar-refractivity contribution in [2.24, 2.45) is 0 Å². The first-order valence-corrected chi connectivity index (χ1v) is 9.76. The number of aliphatic hydroxyl groups is 1. The predicted octanol–water partition coefficient (Wildman–Crippen LogP) is 3.24. The Morgan fingerprint density at radius 2 is 2.00 bits per heavy atom. The smallest absolute Gasteiger partial charge is 0.345 e. The molecule has 0 atom stereocenters. The van der Waals surface area contributed by atoms with Crippen LogP contribution in [0.2, 0.25) is 5.02 Å². The summed E-state index contributed by atoms with van der Waals surface area (Å²) in [5.41, 5.74) is -1.65. The van der Waals surface area contributed by atoms with Gasteiger partial charge >= 0.3 is 5.69 Å². The summed E-state index contributed by atoms with van der Waals surface area (Å²) in [6, 6.07) is 6.42. The average Bonchev–Trinajstić information content (AvgIpc) is 2.64. The van der Waals surface area contributed by atoms with Crippen LogP contribution >= 0.6 is 23.4 Å². The van der Waals surface area contributed by atoms with Crippen molar-refractivity contribution in [3.05, 3.63) is 51.5 Å². The maximum atomic E-state index is 13.3. The van der Waals surface area contributed by atoms with Crippen molar-refractivity contribution in [3.63, 3.8) is 0 Å². The van der Waals surface area contributed by atoms with Crippen LogP contribution in [-0.2, 0) is 0 Å². The zero-order valence-corrected chi connectivity index (χ0v) is 16.2. The molecule has 3 rings (SSSR count). The van der Waals surface area contributed by atoms with Gasteiger partial charge in [0.15, 0.2) is 0 Å². The van der Waals surface area contributed by atoms with Gasteiger partial charge in [-0.3, -0.25) is 4.79 Å². The van der Waals surface area contributed by atoms with Gasteiger partial charge in [0, 0.05) is 30.5 Å². The van der Waals surface area contributed by atoms with Crippen molar-refractivity contribution in [1.82, 2.24) is 15.3 Å². The fraction of sp³-hybridized carbons (Fsp3) is 0.389. The van der Waals surface area contributed by atoms with Crippen molar-refractivity contribution in [3.8, 4) is 0 Å². The fourth-order valence-electron chi connectivity index (χ4n) is 2.88. The molecule has 1 fully saturated rings. The summed E-state index contributed by atoms with van der Waals surface area (Å²) in [5, 5.41) is 13.8. The Morgan fingerprint density at radius 1 is 1.29 bits per heavy atom. The number of aromatic nitrogens is 2. The first kappa shape index (κ1) is 20.8. The number of halogens is 3. The highest BCUT2D eigenvalue weighted by atomic mass is 35.5. The monoisotopic (exact) mass is 429 g/mol. The lowest BCUT2D eigenvalue weighted by Gasteiger charge is -2.35. The van der Waals surface area contributed by atoms with E-state index in [1.165, 1.54) is 18.0 Å². The largest absolute Gasteiger partial charge is 0.388 e. The Morgan fingerprint density at radius 3 is 2.68 bits per heavy atom. The van der Waals surface area contributed by atoms with E-state index in [9.17, 15) is 23.5 Å². The van der Waals surface area contributed by atoms with E-state index in [0.717, 1.165) is 0 Å². The number of hydrogen-bond donors (Lipinski definition) is 3. The highest BCUT2D eigenvalue weighted by molar-refractivity contribution is 7.99. The number of hydrogen-bond acceptors (Lipinski definition) is 5. The van der Waals surface area contributed by atoms with Gasteiger partial charge in [-0.15, -0.1) is 0 Å². The van der Waals surface area contributed by atoms with Gasteiger partial charge < -0.3 is 15.4 Å². The molecule has 1 aromatic carbocycles. The number of aromatic amines is 1. The molecule has 0 unspecified atom stereocenters. The lowest BCUT2D eigenvalue weighted by atomic mass is 9.82. The third-order valence-electron chi connectivity index (χ3n) is 4.55. The van der Waals surface area contributed by atoms with E-state index in [-0.39, 0.29) is 30.0 Å². The molecule has 0 radical (unpaired) electrons. The minimum atomic E-state index is -2.76. The zero-order valence-electron chi connectivity index (χ0n) is 14.7. The van der Waals surface area contributed by atoms with Crippen LogP contribution in [0.3, 0.4) is 0 Å². The number of benzene rings is 1. The number of rotatable bonds is 5. The van der Waals surface area contributed by atoms with Crippen LogP contribution in [0.15, 0.2) is 45.2 Å². The van der Waals surface area contributed by atoms with Crippen molar-refractivity contribution >= 4 is 29.3 Å². The van der Waals surface area contributed by atoms with E-state index in [0.29, 0.717) is 9.92 Å². The Balaban J connectivity index is 1.67. The molecule has 0 saturated heterocycles. The van der Waals surface area contributed by atoms with Crippen molar-refractivity contribution in [1.29, 1.82) is 0 Å². The SMILES string of the molecule is O=C(NCC1(O)CCC(F)(F)CC1)c1cc(Sc2ccnc(=O)[nH]2)ccc1Cl. The van der Waals surface area contributed by atoms with E-state index in [4.69, 9.17) is 11.6 Å². The highest BCUT2D eigenvalue weighted by Gasteiger charge is 2.42. The van der Waals surface area contributed by atoms with Crippen molar-refractivity contribution in [2.45, 2.75) is 47.1 Å². The standard InChI is InChI=1S/C18H18ClF2N3O3S/c19-13-2-1-11(28-14-3-8-22-16(26)24-14)9-12(13)15(25)23-10-17(27)4-6-18(20,21)7-5-17/h1-3,8-9,27H,4-7,10H2,(H,23,25)(H,22,24,26). The minimum absolute atomic E-state index is 0.0840. The van der Waals surface area contributed by atoms with Crippen LogP contribution < -0.4 is 11.0 Å². The van der Waals surface area contributed by atoms with Crippen molar-refractivity contribution < 1.29 is 18.7 Å². The number of amides is 1. The Kier molecular flexibility index (Phi) is 6.07. The predicted molar refractivity (Wildman–Crippen MR) is 101 cm³/mol. The van der Waals surface area contributed by atoms with E-state index in [1.807, 2.05) is 0 Å². The Bertz CT molecular complexity index is 928. The summed E-state index contributed by atoms with van der Waals surface area (Å²) >= 11 is 7.33. The molecule has 6 nitrogen and oxygen atoms in total. The maximum Gasteiger partial charge on any atom is 0.345 e. The molecule has 1 aromatic heterocycles. The third-order valence-corrected chi connectivity index (χ3v) is 5.83. The summed E-state index contributed by atoms with van der Waals surface area (Å²) in [6.45, 7) is -0.132. The first-order valence-electron chi connectivity index (χ1n) is 8.57. The first-order chi connectivity index (χ1) is 13.2. The molecule has 0 aliphatic heterocycles. The summed E-state index contributed by atoms with van der Waals surface area (Å²) in [4.78, 5) is 30.6. The van der Waals surface area contributed by atoms with E-state index in [1.54, 1.807) is 24.3 Å². The highest BCUT2D eigenvalue weighted by Crippen LogP contribution is 2.38. The molecule has 0 spiro atoms. The van der Waals surface area contributed by atoms with Crippen LogP contribution in [0.5, 0.6) is 0 Å². The summed E-state index contributed by atoms with van der Waals surface area (Å²) in [7, 11) is 0. The molecule has 1 aliphatic rings. The number of nitrogens with zero attached hydrogens (tertiary/aromatic N) is 1. The van der Waals surface area contributed by atoms with E-state index < -0.39 is 36.0 Å². The van der Waals surface area contributed by atoms with Gasteiger partial charge in [-0.05, 0) is 37.1 Å². The lowest BCUT2D eigenvalue weighted by Crippen LogP contribution is -2.47. The second-order valence-corrected chi connectivity index (χ2v) is 8.27. The Hall–Kier alpha value is -1.97. The molecule has 1 heterocycles. The number of alkyl halides is 2. The van der Waals surface area contributed by atoms with Crippen LogP contribution in [0.25, 0.3) is 0 Å². The van der Waals surface area contributed by atoms with Gasteiger partial charge in [0.05, 0.1) is 21.2 Å². The topological polar surface area (TPSA) is 95.1 Å². The van der Waals surface area contributed by atoms with Gasteiger partial charge in [0.1, 0.15) is 0 Å². The molecule has 1 amide bonds. The van der Waals surface area contributed by atoms with Crippen LogP contribution in [0.4, 0.5) is 8.78 Å². The van der Waals surface area contributed by atoms with Gasteiger partial charge in [-0.25, -0.2) is 18.6 Å². The maximum absolute atomic E-state index is 13.3. The molecular weight excluding hydrogens is 412 g/mol. The molecule has 150 valence electrons. The van der Waals surface area contributed by atoms with Crippen LogP contribution in [-0.4, -0.2) is 39.1 Å². The van der Waals surface area contributed by atoms with E-state index in [2.05, 4.69) is 15.3 Å². The zero-order chi connectivity index (χ0) is 20.4. The minimum Gasteiger partial charge on any atom is -0.388 e. The van der Waals surface area contributed by atoms with Gasteiger partial charge in [0.2, 0.25) is 5.92 Å². The quantitative estimate of drug-likeness (QED) is 0.634. The number of H-pyrrole nitrogens is 1.